The summed E-state index contributed by atoms with van der Waals surface area (Å²) in [5.74, 6) is -0.240. The van der Waals surface area contributed by atoms with Crippen molar-refractivity contribution in [2.45, 2.75) is 40.2 Å². The molecule has 0 saturated heterocycles. The molecule has 5 heteroatoms. The lowest BCUT2D eigenvalue weighted by Gasteiger charge is -2.12. The molecule has 1 atom stereocenters. The minimum absolute atomic E-state index is 0.343. The fraction of sp³-hybridized carbons (Fsp3) is 0.500. The third kappa shape index (κ3) is 2.67. The van der Waals surface area contributed by atoms with Crippen LogP contribution in [0.3, 0.4) is 0 Å². The Morgan fingerprint density at radius 2 is 1.88 bits per heavy atom. The van der Waals surface area contributed by atoms with Gasteiger partial charge in [0.15, 0.2) is 0 Å². The van der Waals surface area contributed by atoms with Crippen molar-refractivity contribution in [1.82, 2.24) is 5.32 Å². The van der Waals surface area contributed by atoms with Crippen molar-refractivity contribution in [3.63, 3.8) is 0 Å². The van der Waals surface area contributed by atoms with Crippen molar-refractivity contribution in [2.24, 2.45) is 0 Å². The maximum absolute atomic E-state index is 11.9. The number of hydrogen-bond donors (Lipinski definition) is 2. The van der Waals surface area contributed by atoms with E-state index in [0.29, 0.717) is 23.5 Å². The number of aryl methyl sites for hydroxylation is 2. The summed E-state index contributed by atoms with van der Waals surface area (Å²) in [6.07, 6.45) is 0.343. The van der Waals surface area contributed by atoms with Gasteiger partial charge in [-0.3, -0.25) is 4.79 Å². The van der Waals surface area contributed by atoms with E-state index in [-0.39, 0.29) is 0 Å². The SMILES string of the molecule is CC[C@H](NC(=O)c1c(C)oc(C)c1C)C(=O)O. The average molecular weight is 239 g/mol. The third-order valence-corrected chi connectivity index (χ3v) is 2.80. The number of furan rings is 1. The van der Waals surface area contributed by atoms with Crippen LogP contribution in [-0.2, 0) is 4.79 Å². The molecule has 0 saturated carbocycles. The van der Waals surface area contributed by atoms with Gasteiger partial charge in [-0.05, 0) is 27.2 Å². The Morgan fingerprint density at radius 3 is 2.24 bits per heavy atom. The molecule has 1 aromatic heterocycles. The summed E-state index contributed by atoms with van der Waals surface area (Å²) in [4.78, 5) is 22.8. The molecule has 0 bridgehead atoms. The minimum Gasteiger partial charge on any atom is -0.480 e. The number of carbonyl (C=O) groups is 2. The lowest BCUT2D eigenvalue weighted by Crippen LogP contribution is -2.40. The highest BCUT2D eigenvalue weighted by atomic mass is 16.4. The Kier molecular flexibility index (Phi) is 3.93. The van der Waals surface area contributed by atoms with E-state index in [9.17, 15) is 9.59 Å². The summed E-state index contributed by atoms with van der Waals surface area (Å²) in [7, 11) is 0. The first-order chi connectivity index (χ1) is 7.88. The zero-order valence-electron chi connectivity index (χ0n) is 10.5. The molecule has 2 N–H and O–H groups in total. The number of hydrogen-bond acceptors (Lipinski definition) is 3. The smallest absolute Gasteiger partial charge is 0.326 e. The highest BCUT2D eigenvalue weighted by Crippen LogP contribution is 2.20. The molecule has 1 heterocycles. The maximum Gasteiger partial charge on any atom is 0.326 e. The Morgan fingerprint density at radius 1 is 1.29 bits per heavy atom. The summed E-state index contributed by atoms with van der Waals surface area (Å²) in [6, 6.07) is -0.864. The first-order valence-corrected chi connectivity index (χ1v) is 5.48. The Labute approximate surface area is 99.8 Å². The van der Waals surface area contributed by atoms with E-state index in [1.165, 1.54) is 0 Å². The third-order valence-electron chi connectivity index (χ3n) is 2.80. The van der Waals surface area contributed by atoms with Crippen LogP contribution in [0.15, 0.2) is 4.42 Å². The van der Waals surface area contributed by atoms with Gasteiger partial charge < -0.3 is 14.8 Å². The second kappa shape index (κ2) is 5.03. The van der Waals surface area contributed by atoms with Crippen LogP contribution in [0, 0.1) is 20.8 Å². The fourth-order valence-corrected chi connectivity index (χ4v) is 1.70. The van der Waals surface area contributed by atoms with E-state index in [1.54, 1.807) is 27.7 Å². The number of aliphatic carboxylic acids is 1. The van der Waals surface area contributed by atoms with Gasteiger partial charge >= 0.3 is 5.97 Å². The van der Waals surface area contributed by atoms with Crippen molar-refractivity contribution in [1.29, 1.82) is 0 Å². The molecule has 0 radical (unpaired) electrons. The van der Waals surface area contributed by atoms with Crippen molar-refractivity contribution in [2.75, 3.05) is 0 Å². The van der Waals surface area contributed by atoms with Gasteiger partial charge in [0.05, 0.1) is 5.56 Å². The largest absolute Gasteiger partial charge is 0.480 e. The molecular formula is C12H17NO4. The number of rotatable bonds is 4. The fourth-order valence-electron chi connectivity index (χ4n) is 1.70. The molecular weight excluding hydrogens is 222 g/mol. The first-order valence-electron chi connectivity index (χ1n) is 5.48. The standard InChI is InChI=1S/C12H17NO4/c1-5-9(12(15)16)13-11(14)10-6(2)7(3)17-8(10)4/h9H,5H2,1-4H3,(H,13,14)(H,15,16)/t9-/m0/s1. The zero-order chi connectivity index (χ0) is 13.2. The normalized spacial score (nSPS) is 12.2. The molecule has 5 nitrogen and oxygen atoms in total. The average Bonchev–Trinajstić information content (AvgIpc) is 2.49. The second-order valence-electron chi connectivity index (χ2n) is 3.99. The molecule has 1 amide bonds. The van der Waals surface area contributed by atoms with Gasteiger partial charge in [-0.25, -0.2) is 4.79 Å². The van der Waals surface area contributed by atoms with Gasteiger partial charge in [0, 0.05) is 5.56 Å². The van der Waals surface area contributed by atoms with Crippen LogP contribution in [0.25, 0.3) is 0 Å². The van der Waals surface area contributed by atoms with Gasteiger partial charge in [-0.15, -0.1) is 0 Å². The molecule has 1 rings (SSSR count). The second-order valence-corrected chi connectivity index (χ2v) is 3.99. The van der Waals surface area contributed by atoms with E-state index in [2.05, 4.69) is 5.32 Å². The van der Waals surface area contributed by atoms with Crippen LogP contribution in [0.1, 0.15) is 40.8 Å². The number of carbonyl (C=O) groups excluding carboxylic acids is 1. The Hall–Kier alpha value is -1.78. The van der Waals surface area contributed by atoms with E-state index in [0.717, 1.165) is 5.56 Å². The molecule has 0 fully saturated rings. The summed E-state index contributed by atoms with van der Waals surface area (Å²) in [5.41, 5.74) is 1.18. The summed E-state index contributed by atoms with van der Waals surface area (Å²) < 4.78 is 5.33. The summed E-state index contributed by atoms with van der Waals surface area (Å²) in [5, 5.41) is 11.4. The van der Waals surface area contributed by atoms with Gasteiger partial charge in [-0.1, -0.05) is 6.92 Å². The summed E-state index contributed by atoms with van der Waals surface area (Å²) >= 11 is 0. The maximum atomic E-state index is 11.9. The van der Waals surface area contributed by atoms with E-state index < -0.39 is 17.9 Å². The number of carboxylic acids is 1. The zero-order valence-corrected chi connectivity index (χ0v) is 10.5. The molecule has 0 aliphatic carbocycles. The highest BCUT2D eigenvalue weighted by molar-refractivity contribution is 5.98. The van der Waals surface area contributed by atoms with E-state index >= 15 is 0 Å². The van der Waals surface area contributed by atoms with Gasteiger partial charge in [0.25, 0.3) is 5.91 Å². The van der Waals surface area contributed by atoms with Crippen LogP contribution in [0.5, 0.6) is 0 Å². The van der Waals surface area contributed by atoms with Gasteiger partial charge in [0.2, 0.25) is 0 Å². The topological polar surface area (TPSA) is 79.5 Å². The molecule has 0 aliphatic heterocycles. The Bertz CT molecular complexity index is 448. The quantitative estimate of drug-likeness (QED) is 0.839. The van der Waals surface area contributed by atoms with Crippen molar-refractivity contribution in [3.05, 3.63) is 22.6 Å². The van der Waals surface area contributed by atoms with Gasteiger partial charge in [-0.2, -0.15) is 0 Å². The van der Waals surface area contributed by atoms with Crippen molar-refractivity contribution >= 4 is 11.9 Å². The molecule has 94 valence electrons. The molecule has 0 spiro atoms. The summed E-state index contributed by atoms with van der Waals surface area (Å²) in [6.45, 7) is 6.95. The predicted octanol–water partition coefficient (Wildman–Crippen LogP) is 1.80. The highest BCUT2D eigenvalue weighted by Gasteiger charge is 2.23. The van der Waals surface area contributed by atoms with Gasteiger partial charge in [0.1, 0.15) is 17.6 Å². The lowest BCUT2D eigenvalue weighted by atomic mass is 10.1. The minimum atomic E-state index is -1.03. The molecule has 0 aromatic carbocycles. The monoisotopic (exact) mass is 239 g/mol. The van der Waals surface area contributed by atoms with Crippen molar-refractivity contribution < 1.29 is 19.1 Å². The molecule has 1 aromatic rings. The molecule has 0 aliphatic rings. The van der Waals surface area contributed by atoms with Crippen LogP contribution in [0.2, 0.25) is 0 Å². The van der Waals surface area contributed by atoms with Crippen LogP contribution >= 0.6 is 0 Å². The number of amides is 1. The number of nitrogens with one attached hydrogen (secondary N) is 1. The van der Waals surface area contributed by atoms with Crippen LogP contribution in [0.4, 0.5) is 0 Å². The number of carboxylic acid groups (broad SMARTS) is 1. The van der Waals surface area contributed by atoms with Crippen LogP contribution < -0.4 is 5.32 Å². The molecule has 17 heavy (non-hydrogen) atoms. The van der Waals surface area contributed by atoms with E-state index in [4.69, 9.17) is 9.52 Å². The predicted molar refractivity (Wildman–Crippen MR) is 62.1 cm³/mol. The van der Waals surface area contributed by atoms with Crippen molar-refractivity contribution in [3.8, 4) is 0 Å². The molecule has 0 unspecified atom stereocenters. The Balaban J connectivity index is 2.94. The van der Waals surface area contributed by atoms with Crippen LogP contribution in [-0.4, -0.2) is 23.0 Å². The lowest BCUT2D eigenvalue weighted by molar-refractivity contribution is -0.139. The van der Waals surface area contributed by atoms with E-state index in [1.807, 2.05) is 0 Å². The first kappa shape index (κ1) is 13.3.